The quantitative estimate of drug-likeness (QED) is 0.723. The summed E-state index contributed by atoms with van der Waals surface area (Å²) in [6.07, 6.45) is 1.62. The van der Waals surface area contributed by atoms with Gasteiger partial charge in [-0.2, -0.15) is 0 Å². The smallest absolute Gasteiger partial charge is 0.137 e. The molecule has 0 aliphatic carbocycles. The molecule has 4 nitrogen and oxygen atoms in total. The Labute approximate surface area is 127 Å². The van der Waals surface area contributed by atoms with Crippen molar-refractivity contribution in [3.8, 4) is 5.75 Å². The Morgan fingerprint density at radius 1 is 1.14 bits per heavy atom. The molecule has 0 bridgehead atoms. The number of nitrogens with two attached hydrogens (primary N) is 1. The fourth-order valence-corrected chi connectivity index (χ4v) is 2.34. The number of methoxy groups -OCH3 is 1. The summed E-state index contributed by atoms with van der Waals surface area (Å²) in [5.74, 6) is 0.943. The van der Waals surface area contributed by atoms with Gasteiger partial charge in [0.1, 0.15) is 17.4 Å². The van der Waals surface area contributed by atoms with E-state index in [1.807, 2.05) is 24.3 Å². The molecule has 3 N–H and O–H groups in total. The van der Waals surface area contributed by atoms with Gasteiger partial charge in [0.15, 0.2) is 0 Å². The molecule has 3 aromatic rings. The minimum Gasteiger partial charge on any atom is -0.497 e. The van der Waals surface area contributed by atoms with Crippen LogP contribution in [0.1, 0.15) is 5.56 Å². The molecule has 0 saturated heterocycles. The molecule has 1 aromatic heterocycles. The molecule has 5 heteroatoms. The second-order valence-electron chi connectivity index (χ2n) is 4.92. The monoisotopic (exact) mass is 297 g/mol. The summed E-state index contributed by atoms with van der Waals surface area (Å²) in [7, 11) is 1.63. The van der Waals surface area contributed by atoms with Crippen LogP contribution in [0.2, 0.25) is 0 Å². The molecular formula is C17H16FN3O. The first kappa shape index (κ1) is 14.1. The van der Waals surface area contributed by atoms with Crippen molar-refractivity contribution < 1.29 is 9.13 Å². The fourth-order valence-electron chi connectivity index (χ4n) is 2.34. The summed E-state index contributed by atoms with van der Waals surface area (Å²) in [5.41, 5.74) is 7.48. The van der Waals surface area contributed by atoms with Crippen molar-refractivity contribution in [1.82, 2.24) is 4.98 Å². The summed E-state index contributed by atoms with van der Waals surface area (Å²) in [6.45, 7) is 0.532. The number of halogens is 1. The number of benzene rings is 2. The van der Waals surface area contributed by atoms with Gasteiger partial charge in [0.2, 0.25) is 0 Å². The normalized spacial score (nSPS) is 10.6. The number of aromatic nitrogens is 1. The van der Waals surface area contributed by atoms with Gasteiger partial charge in [-0.05, 0) is 35.9 Å². The molecule has 0 saturated carbocycles. The number of ether oxygens (including phenoxy) is 1. The molecule has 0 aliphatic rings. The van der Waals surface area contributed by atoms with Gasteiger partial charge in [-0.15, -0.1) is 0 Å². The first-order chi connectivity index (χ1) is 10.7. The molecule has 0 aliphatic heterocycles. The predicted molar refractivity (Wildman–Crippen MR) is 86.4 cm³/mol. The number of nitrogen functional groups attached to an aromatic ring is 1. The second kappa shape index (κ2) is 5.89. The Hall–Kier alpha value is -2.82. The minimum atomic E-state index is -0.338. The van der Waals surface area contributed by atoms with Crippen molar-refractivity contribution in [1.29, 1.82) is 0 Å². The Bertz CT molecular complexity index is 803. The van der Waals surface area contributed by atoms with Crippen LogP contribution in [0.3, 0.4) is 0 Å². The van der Waals surface area contributed by atoms with Gasteiger partial charge in [-0.1, -0.05) is 12.1 Å². The molecule has 0 spiro atoms. The Morgan fingerprint density at radius 2 is 1.91 bits per heavy atom. The van der Waals surface area contributed by atoms with E-state index < -0.39 is 0 Å². The van der Waals surface area contributed by atoms with Crippen molar-refractivity contribution in [3.63, 3.8) is 0 Å². The fraction of sp³-hybridized carbons (Fsp3) is 0.118. The van der Waals surface area contributed by atoms with Gasteiger partial charge >= 0.3 is 0 Å². The first-order valence-electron chi connectivity index (χ1n) is 6.88. The highest BCUT2D eigenvalue weighted by molar-refractivity contribution is 5.99. The van der Waals surface area contributed by atoms with E-state index in [1.54, 1.807) is 25.4 Å². The van der Waals surface area contributed by atoms with Crippen molar-refractivity contribution in [2.45, 2.75) is 6.54 Å². The van der Waals surface area contributed by atoms with E-state index in [2.05, 4.69) is 10.3 Å². The van der Waals surface area contributed by atoms with Crippen LogP contribution in [0.15, 0.2) is 48.7 Å². The van der Waals surface area contributed by atoms with Crippen LogP contribution in [0.25, 0.3) is 10.8 Å². The van der Waals surface area contributed by atoms with Crippen LogP contribution in [-0.4, -0.2) is 12.1 Å². The predicted octanol–water partition coefficient (Wildman–Crippen LogP) is 3.58. The topological polar surface area (TPSA) is 60.2 Å². The number of nitrogens with zero attached hydrogens (tertiary/aromatic N) is 1. The summed E-state index contributed by atoms with van der Waals surface area (Å²) in [5, 5.41) is 4.23. The average Bonchev–Trinajstić information content (AvgIpc) is 2.56. The van der Waals surface area contributed by atoms with Crippen molar-refractivity contribution in [3.05, 3.63) is 60.0 Å². The third-order valence-corrected chi connectivity index (χ3v) is 3.53. The molecule has 0 radical (unpaired) electrons. The van der Waals surface area contributed by atoms with Crippen LogP contribution in [0, 0.1) is 5.82 Å². The zero-order valence-corrected chi connectivity index (χ0v) is 12.1. The lowest BCUT2D eigenvalue weighted by Crippen LogP contribution is -2.03. The van der Waals surface area contributed by atoms with Gasteiger partial charge in [-0.25, -0.2) is 9.37 Å². The SMILES string of the molecule is COc1ccc(CNc2nccc3c(N)ccc(F)c23)cc1. The van der Waals surface area contributed by atoms with Crippen LogP contribution in [0.5, 0.6) is 5.75 Å². The van der Waals surface area contributed by atoms with Gasteiger partial charge in [0, 0.05) is 23.8 Å². The van der Waals surface area contributed by atoms with E-state index in [0.29, 0.717) is 28.8 Å². The first-order valence-corrected chi connectivity index (χ1v) is 6.88. The highest BCUT2D eigenvalue weighted by Crippen LogP contribution is 2.28. The maximum Gasteiger partial charge on any atom is 0.137 e. The Balaban J connectivity index is 1.89. The van der Waals surface area contributed by atoms with Crippen LogP contribution < -0.4 is 15.8 Å². The number of pyridine rings is 1. The number of anilines is 2. The van der Waals surface area contributed by atoms with Crippen molar-refractivity contribution >= 4 is 22.3 Å². The zero-order chi connectivity index (χ0) is 15.5. The van der Waals surface area contributed by atoms with Gasteiger partial charge < -0.3 is 15.8 Å². The van der Waals surface area contributed by atoms with Crippen LogP contribution >= 0.6 is 0 Å². The van der Waals surface area contributed by atoms with Crippen LogP contribution in [-0.2, 0) is 6.54 Å². The molecule has 112 valence electrons. The van der Waals surface area contributed by atoms with E-state index in [0.717, 1.165) is 11.3 Å². The average molecular weight is 297 g/mol. The van der Waals surface area contributed by atoms with Gasteiger partial charge in [-0.3, -0.25) is 0 Å². The van der Waals surface area contributed by atoms with E-state index in [4.69, 9.17) is 10.5 Å². The molecule has 3 rings (SSSR count). The molecule has 22 heavy (non-hydrogen) atoms. The van der Waals surface area contributed by atoms with E-state index in [9.17, 15) is 4.39 Å². The summed E-state index contributed by atoms with van der Waals surface area (Å²) in [6, 6.07) is 12.3. The van der Waals surface area contributed by atoms with Crippen LogP contribution in [0.4, 0.5) is 15.9 Å². The largest absolute Gasteiger partial charge is 0.497 e. The van der Waals surface area contributed by atoms with E-state index >= 15 is 0 Å². The lowest BCUT2D eigenvalue weighted by atomic mass is 10.1. The molecule has 0 amide bonds. The lowest BCUT2D eigenvalue weighted by molar-refractivity contribution is 0.414. The number of hydrogen-bond donors (Lipinski definition) is 2. The zero-order valence-electron chi connectivity index (χ0n) is 12.1. The number of fused-ring (bicyclic) bond motifs is 1. The number of rotatable bonds is 4. The third kappa shape index (κ3) is 2.65. The van der Waals surface area contributed by atoms with Crippen molar-refractivity contribution in [2.24, 2.45) is 0 Å². The summed E-state index contributed by atoms with van der Waals surface area (Å²) < 4.78 is 19.2. The standard InChI is InChI=1S/C17H16FN3O/c1-22-12-4-2-11(3-5-12)10-21-17-16-13(8-9-20-17)15(19)7-6-14(16)18/h2-9H,10,19H2,1H3,(H,20,21). The van der Waals surface area contributed by atoms with Gasteiger partial charge in [0.05, 0.1) is 12.5 Å². The molecule has 0 fully saturated rings. The molecule has 0 unspecified atom stereocenters. The minimum absolute atomic E-state index is 0.338. The molecular weight excluding hydrogens is 281 g/mol. The molecule has 1 heterocycles. The van der Waals surface area contributed by atoms with Crippen molar-refractivity contribution in [2.75, 3.05) is 18.2 Å². The molecule has 2 aromatic carbocycles. The third-order valence-electron chi connectivity index (χ3n) is 3.53. The van der Waals surface area contributed by atoms with E-state index in [-0.39, 0.29) is 5.82 Å². The van der Waals surface area contributed by atoms with Gasteiger partial charge in [0.25, 0.3) is 0 Å². The molecule has 0 atom stereocenters. The Morgan fingerprint density at radius 3 is 2.64 bits per heavy atom. The highest BCUT2D eigenvalue weighted by atomic mass is 19.1. The lowest BCUT2D eigenvalue weighted by Gasteiger charge is -2.11. The number of nitrogens with one attached hydrogen (secondary N) is 1. The number of hydrogen-bond acceptors (Lipinski definition) is 4. The summed E-state index contributed by atoms with van der Waals surface area (Å²) >= 11 is 0. The maximum absolute atomic E-state index is 14.1. The maximum atomic E-state index is 14.1. The summed E-state index contributed by atoms with van der Waals surface area (Å²) in [4.78, 5) is 4.23. The Kier molecular flexibility index (Phi) is 3.78. The second-order valence-corrected chi connectivity index (χ2v) is 4.92. The van der Waals surface area contributed by atoms with E-state index in [1.165, 1.54) is 6.07 Å². The highest BCUT2D eigenvalue weighted by Gasteiger charge is 2.10.